The Kier molecular flexibility index (Phi) is 4.70. The lowest BCUT2D eigenvalue weighted by Gasteiger charge is -2.25. The van der Waals surface area contributed by atoms with Crippen molar-refractivity contribution in [2.24, 2.45) is 5.73 Å². The van der Waals surface area contributed by atoms with Crippen LogP contribution in [0.15, 0.2) is 0 Å². The summed E-state index contributed by atoms with van der Waals surface area (Å²) in [5, 5.41) is 0. The molecule has 1 heterocycles. The van der Waals surface area contributed by atoms with Crippen molar-refractivity contribution in [3.63, 3.8) is 0 Å². The first-order valence-corrected chi connectivity index (χ1v) is 5.19. The van der Waals surface area contributed by atoms with Gasteiger partial charge in [0, 0.05) is 12.6 Å². The fourth-order valence-corrected chi connectivity index (χ4v) is 1.35. The molecular formula is C10H21NO2. The molecule has 3 nitrogen and oxygen atoms in total. The lowest BCUT2D eigenvalue weighted by atomic mass is 10.1. The van der Waals surface area contributed by atoms with Gasteiger partial charge in [0.1, 0.15) is 0 Å². The second-order valence-corrected chi connectivity index (χ2v) is 3.89. The van der Waals surface area contributed by atoms with Crippen molar-refractivity contribution in [1.29, 1.82) is 0 Å². The van der Waals surface area contributed by atoms with Gasteiger partial charge in [0.15, 0.2) is 0 Å². The zero-order valence-corrected chi connectivity index (χ0v) is 8.66. The predicted octanol–water partition coefficient (Wildman–Crippen LogP) is 1.31. The summed E-state index contributed by atoms with van der Waals surface area (Å²) in [6.45, 7) is 5.56. The van der Waals surface area contributed by atoms with Crippen LogP contribution in [0.3, 0.4) is 0 Å². The van der Waals surface area contributed by atoms with Gasteiger partial charge in [-0.2, -0.15) is 0 Å². The van der Waals surface area contributed by atoms with Gasteiger partial charge in [-0.15, -0.1) is 0 Å². The third kappa shape index (κ3) is 4.07. The summed E-state index contributed by atoms with van der Waals surface area (Å²) in [6.07, 6.45) is 4.02. The normalized spacial score (nSPS) is 28.4. The highest BCUT2D eigenvalue weighted by Crippen LogP contribution is 2.13. The van der Waals surface area contributed by atoms with Crippen molar-refractivity contribution >= 4 is 0 Å². The molecule has 0 aromatic carbocycles. The second-order valence-electron chi connectivity index (χ2n) is 3.89. The Hall–Kier alpha value is -0.120. The highest BCUT2D eigenvalue weighted by atomic mass is 16.5. The second kappa shape index (κ2) is 5.58. The Bertz CT molecular complexity index is 133. The molecule has 3 heteroatoms. The fourth-order valence-electron chi connectivity index (χ4n) is 1.35. The Morgan fingerprint density at radius 3 is 2.77 bits per heavy atom. The van der Waals surface area contributed by atoms with E-state index in [4.69, 9.17) is 15.2 Å². The molecule has 0 spiro atoms. The molecule has 1 saturated heterocycles. The van der Waals surface area contributed by atoms with E-state index in [1.807, 2.05) is 13.8 Å². The van der Waals surface area contributed by atoms with Crippen LogP contribution in [-0.2, 0) is 9.47 Å². The Morgan fingerprint density at radius 2 is 2.23 bits per heavy atom. The highest BCUT2D eigenvalue weighted by molar-refractivity contribution is 4.66. The van der Waals surface area contributed by atoms with Gasteiger partial charge in [-0.1, -0.05) is 0 Å². The van der Waals surface area contributed by atoms with Crippen LogP contribution in [-0.4, -0.2) is 31.5 Å². The summed E-state index contributed by atoms with van der Waals surface area (Å²) < 4.78 is 11.1. The van der Waals surface area contributed by atoms with E-state index in [2.05, 4.69) is 0 Å². The first-order chi connectivity index (χ1) is 6.20. The summed E-state index contributed by atoms with van der Waals surface area (Å²) in [6, 6.07) is 0.101. The molecule has 1 aliphatic heterocycles. The van der Waals surface area contributed by atoms with Gasteiger partial charge in [0.05, 0.1) is 18.8 Å². The molecule has 0 aromatic heterocycles. The summed E-state index contributed by atoms with van der Waals surface area (Å²) in [5.74, 6) is 0. The molecule has 0 bridgehead atoms. The molecule has 2 N–H and O–H groups in total. The largest absolute Gasteiger partial charge is 0.376 e. The van der Waals surface area contributed by atoms with E-state index >= 15 is 0 Å². The molecule has 0 amide bonds. The van der Waals surface area contributed by atoms with Crippen molar-refractivity contribution in [2.75, 3.05) is 13.2 Å². The van der Waals surface area contributed by atoms with Gasteiger partial charge in [-0.05, 0) is 33.1 Å². The SMILES string of the molecule is CC(OCC1CCCCO1)[C@@H](C)N. The minimum atomic E-state index is 0.101. The molecule has 1 fully saturated rings. The number of hydrogen-bond acceptors (Lipinski definition) is 3. The maximum absolute atomic E-state index is 5.69. The highest BCUT2D eigenvalue weighted by Gasteiger charge is 2.16. The molecule has 1 rings (SSSR count). The number of ether oxygens (including phenoxy) is 2. The number of nitrogens with two attached hydrogens (primary N) is 1. The van der Waals surface area contributed by atoms with E-state index in [0.717, 1.165) is 13.0 Å². The smallest absolute Gasteiger partial charge is 0.0808 e. The summed E-state index contributed by atoms with van der Waals surface area (Å²) in [4.78, 5) is 0. The maximum atomic E-state index is 5.69. The van der Waals surface area contributed by atoms with Gasteiger partial charge in [-0.3, -0.25) is 0 Å². The number of rotatable bonds is 4. The van der Waals surface area contributed by atoms with Crippen molar-refractivity contribution in [3.8, 4) is 0 Å². The quantitative estimate of drug-likeness (QED) is 0.721. The van der Waals surface area contributed by atoms with Gasteiger partial charge in [0.25, 0.3) is 0 Å². The average Bonchev–Trinajstić information content (AvgIpc) is 2.15. The Balaban J connectivity index is 2.10. The van der Waals surface area contributed by atoms with E-state index in [-0.39, 0.29) is 12.1 Å². The molecule has 13 heavy (non-hydrogen) atoms. The van der Waals surface area contributed by atoms with E-state index < -0.39 is 0 Å². The van der Waals surface area contributed by atoms with E-state index in [0.29, 0.717) is 12.7 Å². The first kappa shape index (κ1) is 11.0. The number of hydrogen-bond donors (Lipinski definition) is 1. The molecule has 0 aromatic rings. The van der Waals surface area contributed by atoms with Crippen molar-refractivity contribution < 1.29 is 9.47 Å². The van der Waals surface area contributed by atoms with Crippen LogP contribution in [0.5, 0.6) is 0 Å². The van der Waals surface area contributed by atoms with Crippen LogP contribution in [0.4, 0.5) is 0 Å². The standard InChI is InChI=1S/C10H21NO2/c1-8(11)9(2)13-7-10-5-3-4-6-12-10/h8-10H,3-7,11H2,1-2H3/t8-,9?,10?/m1/s1. The monoisotopic (exact) mass is 187 g/mol. The summed E-state index contributed by atoms with van der Waals surface area (Å²) in [5.41, 5.74) is 5.69. The van der Waals surface area contributed by atoms with Crippen molar-refractivity contribution in [3.05, 3.63) is 0 Å². The third-order valence-corrected chi connectivity index (χ3v) is 2.56. The minimum Gasteiger partial charge on any atom is -0.376 e. The summed E-state index contributed by atoms with van der Waals surface area (Å²) >= 11 is 0. The van der Waals surface area contributed by atoms with Gasteiger partial charge >= 0.3 is 0 Å². The van der Waals surface area contributed by atoms with Crippen LogP contribution in [0.2, 0.25) is 0 Å². The average molecular weight is 187 g/mol. The molecule has 3 atom stereocenters. The van der Waals surface area contributed by atoms with Crippen LogP contribution in [0, 0.1) is 0 Å². The van der Waals surface area contributed by atoms with Crippen LogP contribution in [0.1, 0.15) is 33.1 Å². The zero-order valence-electron chi connectivity index (χ0n) is 8.66. The van der Waals surface area contributed by atoms with Crippen LogP contribution >= 0.6 is 0 Å². The Labute approximate surface area is 80.6 Å². The predicted molar refractivity (Wildman–Crippen MR) is 52.7 cm³/mol. The minimum absolute atomic E-state index is 0.101. The van der Waals surface area contributed by atoms with Crippen molar-refractivity contribution in [1.82, 2.24) is 0 Å². The zero-order chi connectivity index (χ0) is 9.68. The first-order valence-electron chi connectivity index (χ1n) is 5.19. The molecule has 0 aliphatic carbocycles. The van der Waals surface area contributed by atoms with Gasteiger partial charge < -0.3 is 15.2 Å². The lowest BCUT2D eigenvalue weighted by molar-refractivity contribution is -0.0625. The molecule has 2 unspecified atom stereocenters. The molecule has 0 saturated carbocycles. The Morgan fingerprint density at radius 1 is 1.46 bits per heavy atom. The molecule has 0 radical (unpaired) electrons. The van der Waals surface area contributed by atoms with Gasteiger partial charge in [-0.25, -0.2) is 0 Å². The topological polar surface area (TPSA) is 44.5 Å². The molecule has 1 aliphatic rings. The van der Waals surface area contributed by atoms with E-state index in [1.54, 1.807) is 0 Å². The van der Waals surface area contributed by atoms with Crippen molar-refractivity contribution in [2.45, 2.75) is 51.4 Å². The fraction of sp³-hybridized carbons (Fsp3) is 1.00. The molecular weight excluding hydrogens is 166 g/mol. The lowest BCUT2D eigenvalue weighted by Crippen LogP contribution is -2.35. The van der Waals surface area contributed by atoms with E-state index in [9.17, 15) is 0 Å². The third-order valence-electron chi connectivity index (χ3n) is 2.56. The maximum Gasteiger partial charge on any atom is 0.0808 e. The van der Waals surface area contributed by atoms with Crippen LogP contribution < -0.4 is 5.73 Å². The van der Waals surface area contributed by atoms with Crippen LogP contribution in [0.25, 0.3) is 0 Å². The van der Waals surface area contributed by atoms with Gasteiger partial charge in [0.2, 0.25) is 0 Å². The molecule has 78 valence electrons. The van der Waals surface area contributed by atoms with E-state index in [1.165, 1.54) is 12.8 Å². The summed E-state index contributed by atoms with van der Waals surface area (Å²) in [7, 11) is 0.